The van der Waals surface area contributed by atoms with Crippen molar-refractivity contribution in [1.82, 2.24) is 4.98 Å². The molecule has 2 N–H and O–H groups in total. The molecule has 1 atom stereocenters. The minimum atomic E-state index is 0.310. The summed E-state index contributed by atoms with van der Waals surface area (Å²) >= 11 is 0. The smallest absolute Gasteiger partial charge is 0.129 e. The molecule has 4 nitrogen and oxygen atoms in total. The van der Waals surface area contributed by atoms with Crippen LogP contribution in [0.1, 0.15) is 38.4 Å². The van der Waals surface area contributed by atoms with Crippen molar-refractivity contribution in [3.8, 4) is 0 Å². The fourth-order valence-electron chi connectivity index (χ4n) is 2.31. The molecule has 19 heavy (non-hydrogen) atoms. The van der Waals surface area contributed by atoms with Crippen molar-refractivity contribution in [2.45, 2.75) is 46.2 Å². The van der Waals surface area contributed by atoms with E-state index in [9.17, 15) is 0 Å². The molecule has 1 rings (SSSR count). The molecule has 0 saturated heterocycles. The van der Waals surface area contributed by atoms with Crippen molar-refractivity contribution in [3.63, 3.8) is 0 Å². The third-order valence-corrected chi connectivity index (χ3v) is 3.24. The third-order valence-electron chi connectivity index (χ3n) is 3.24. The van der Waals surface area contributed by atoms with Crippen LogP contribution in [0.15, 0.2) is 12.1 Å². The molecule has 108 valence electrons. The Balaban J connectivity index is 3.04. The zero-order valence-corrected chi connectivity index (χ0v) is 12.6. The standard InChI is InChI=1S/C15H27N3O/c1-5-7-14-8-13(10-16)9-15(17-14)18(6-2)12(3)11-19-4/h8-9,12H,5-7,10-11,16H2,1-4H3. The van der Waals surface area contributed by atoms with Gasteiger partial charge < -0.3 is 15.4 Å². The number of nitrogens with zero attached hydrogens (tertiary/aromatic N) is 2. The summed E-state index contributed by atoms with van der Waals surface area (Å²) in [7, 11) is 1.73. The van der Waals surface area contributed by atoms with E-state index in [-0.39, 0.29) is 0 Å². The highest BCUT2D eigenvalue weighted by molar-refractivity contribution is 5.43. The Morgan fingerprint density at radius 3 is 2.63 bits per heavy atom. The summed E-state index contributed by atoms with van der Waals surface area (Å²) in [4.78, 5) is 7.03. The molecule has 0 spiro atoms. The summed E-state index contributed by atoms with van der Waals surface area (Å²) < 4.78 is 5.25. The van der Waals surface area contributed by atoms with Gasteiger partial charge in [-0.3, -0.25) is 0 Å². The molecule has 0 aliphatic carbocycles. The second kappa shape index (κ2) is 8.12. The van der Waals surface area contributed by atoms with E-state index in [4.69, 9.17) is 15.5 Å². The summed E-state index contributed by atoms with van der Waals surface area (Å²) in [5.74, 6) is 1.01. The first kappa shape index (κ1) is 15.9. The van der Waals surface area contributed by atoms with Gasteiger partial charge in [0, 0.05) is 25.9 Å². The first-order valence-electron chi connectivity index (χ1n) is 7.11. The predicted octanol–water partition coefficient (Wildman–Crippen LogP) is 2.35. The maximum atomic E-state index is 5.79. The van der Waals surface area contributed by atoms with E-state index in [1.165, 1.54) is 0 Å². The Morgan fingerprint density at radius 2 is 2.11 bits per heavy atom. The number of ether oxygens (including phenoxy) is 1. The van der Waals surface area contributed by atoms with Crippen LogP contribution in [0.5, 0.6) is 0 Å². The van der Waals surface area contributed by atoms with Crippen molar-refractivity contribution in [2.75, 3.05) is 25.2 Å². The van der Waals surface area contributed by atoms with Gasteiger partial charge in [0.1, 0.15) is 5.82 Å². The van der Waals surface area contributed by atoms with Crippen LogP contribution in [0.4, 0.5) is 5.82 Å². The van der Waals surface area contributed by atoms with Crippen LogP contribution in [0.25, 0.3) is 0 Å². The zero-order chi connectivity index (χ0) is 14.3. The number of nitrogens with two attached hydrogens (primary N) is 1. The highest BCUT2D eigenvalue weighted by atomic mass is 16.5. The molecule has 1 heterocycles. The minimum Gasteiger partial charge on any atom is -0.383 e. The molecule has 1 unspecified atom stereocenters. The van der Waals surface area contributed by atoms with Gasteiger partial charge >= 0.3 is 0 Å². The second-order valence-electron chi connectivity index (χ2n) is 4.87. The Bertz CT molecular complexity index is 382. The molecule has 0 aliphatic rings. The number of pyridine rings is 1. The molecule has 1 aromatic heterocycles. The number of anilines is 1. The highest BCUT2D eigenvalue weighted by Gasteiger charge is 2.15. The summed E-state index contributed by atoms with van der Waals surface area (Å²) in [5.41, 5.74) is 8.07. The van der Waals surface area contributed by atoms with Gasteiger partial charge in [-0.05, 0) is 38.0 Å². The molecular weight excluding hydrogens is 238 g/mol. The Labute approximate surface area is 117 Å². The number of aryl methyl sites for hydroxylation is 1. The lowest BCUT2D eigenvalue weighted by Gasteiger charge is -2.29. The zero-order valence-electron chi connectivity index (χ0n) is 12.6. The third kappa shape index (κ3) is 4.48. The average molecular weight is 265 g/mol. The number of rotatable bonds is 8. The predicted molar refractivity (Wildman–Crippen MR) is 80.5 cm³/mol. The molecule has 1 aromatic rings. The van der Waals surface area contributed by atoms with Gasteiger partial charge in [-0.2, -0.15) is 0 Å². The molecular formula is C15H27N3O. The summed E-state index contributed by atoms with van der Waals surface area (Å²) in [5, 5.41) is 0. The summed E-state index contributed by atoms with van der Waals surface area (Å²) in [6, 6.07) is 4.52. The number of hydrogen-bond acceptors (Lipinski definition) is 4. The van der Waals surface area contributed by atoms with Gasteiger partial charge in [-0.25, -0.2) is 4.98 Å². The maximum Gasteiger partial charge on any atom is 0.129 e. The normalized spacial score (nSPS) is 12.5. The van der Waals surface area contributed by atoms with Gasteiger partial charge in [-0.15, -0.1) is 0 Å². The molecule has 0 amide bonds. The van der Waals surface area contributed by atoms with Crippen molar-refractivity contribution in [1.29, 1.82) is 0 Å². The lowest BCUT2D eigenvalue weighted by molar-refractivity contribution is 0.181. The molecule has 0 saturated carbocycles. The highest BCUT2D eigenvalue weighted by Crippen LogP contribution is 2.18. The van der Waals surface area contributed by atoms with E-state index in [2.05, 4.69) is 37.8 Å². The summed E-state index contributed by atoms with van der Waals surface area (Å²) in [6.07, 6.45) is 2.09. The second-order valence-corrected chi connectivity index (χ2v) is 4.87. The van der Waals surface area contributed by atoms with Crippen LogP contribution in [-0.2, 0) is 17.7 Å². The molecule has 0 bridgehead atoms. The van der Waals surface area contributed by atoms with E-state index in [1.807, 2.05) is 0 Å². The van der Waals surface area contributed by atoms with Gasteiger partial charge in [0.05, 0.1) is 12.6 Å². The molecule has 0 radical (unpaired) electrons. The Morgan fingerprint density at radius 1 is 1.37 bits per heavy atom. The van der Waals surface area contributed by atoms with Crippen molar-refractivity contribution in [3.05, 3.63) is 23.4 Å². The van der Waals surface area contributed by atoms with Crippen LogP contribution in [0.2, 0.25) is 0 Å². The van der Waals surface area contributed by atoms with Gasteiger partial charge in [0.2, 0.25) is 0 Å². The first-order valence-corrected chi connectivity index (χ1v) is 7.11. The number of likely N-dealkylation sites (N-methyl/N-ethyl adjacent to an activating group) is 1. The quantitative estimate of drug-likeness (QED) is 0.784. The lowest BCUT2D eigenvalue weighted by Crippen LogP contribution is -2.37. The van der Waals surface area contributed by atoms with Gasteiger partial charge in [-0.1, -0.05) is 13.3 Å². The van der Waals surface area contributed by atoms with Crippen LogP contribution in [-0.4, -0.2) is 31.3 Å². The van der Waals surface area contributed by atoms with E-state index >= 15 is 0 Å². The van der Waals surface area contributed by atoms with Gasteiger partial charge in [0.15, 0.2) is 0 Å². The van der Waals surface area contributed by atoms with E-state index in [0.29, 0.717) is 19.2 Å². The van der Waals surface area contributed by atoms with E-state index < -0.39 is 0 Å². The molecule has 0 fully saturated rings. The fraction of sp³-hybridized carbons (Fsp3) is 0.667. The number of aromatic nitrogens is 1. The van der Waals surface area contributed by atoms with E-state index in [1.54, 1.807) is 7.11 Å². The molecule has 0 aromatic carbocycles. The van der Waals surface area contributed by atoms with Crippen LogP contribution >= 0.6 is 0 Å². The molecule has 4 heteroatoms. The van der Waals surface area contributed by atoms with Crippen molar-refractivity contribution in [2.24, 2.45) is 5.73 Å². The lowest BCUT2D eigenvalue weighted by atomic mass is 10.1. The molecule has 0 aliphatic heterocycles. The average Bonchev–Trinajstić information content (AvgIpc) is 2.40. The maximum absolute atomic E-state index is 5.79. The SMILES string of the molecule is CCCc1cc(CN)cc(N(CC)C(C)COC)n1. The Hall–Kier alpha value is -1.13. The topological polar surface area (TPSA) is 51.4 Å². The number of hydrogen-bond donors (Lipinski definition) is 1. The van der Waals surface area contributed by atoms with Crippen LogP contribution in [0.3, 0.4) is 0 Å². The van der Waals surface area contributed by atoms with E-state index in [0.717, 1.165) is 36.5 Å². The summed E-state index contributed by atoms with van der Waals surface area (Å²) in [6.45, 7) is 8.64. The monoisotopic (exact) mass is 265 g/mol. The minimum absolute atomic E-state index is 0.310. The fourth-order valence-corrected chi connectivity index (χ4v) is 2.31. The largest absolute Gasteiger partial charge is 0.383 e. The number of methoxy groups -OCH3 is 1. The Kier molecular flexibility index (Phi) is 6.81. The van der Waals surface area contributed by atoms with Crippen LogP contribution in [0, 0.1) is 0 Å². The van der Waals surface area contributed by atoms with Crippen molar-refractivity contribution >= 4 is 5.82 Å². The van der Waals surface area contributed by atoms with Crippen LogP contribution < -0.4 is 10.6 Å². The van der Waals surface area contributed by atoms with Crippen molar-refractivity contribution < 1.29 is 4.74 Å². The first-order chi connectivity index (χ1) is 9.15. The van der Waals surface area contributed by atoms with Gasteiger partial charge in [0.25, 0.3) is 0 Å².